The number of aliphatic hydroxyl groups is 1. The van der Waals surface area contributed by atoms with Crippen LogP contribution in [0, 0.1) is 5.41 Å². The molecule has 1 rings (SSSR count). The van der Waals surface area contributed by atoms with Crippen LogP contribution in [0.2, 0.25) is 0 Å². The number of esters is 1. The van der Waals surface area contributed by atoms with Gasteiger partial charge < -0.3 is 9.84 Å². The minimum atomic E-state index is -3.85. The number of sulfonamides is 1. The van der Waals surface area contributed by atoms with Crippen molar-refractivity contribution < 1.29 is 23.1 Å². The molecule has 0 spiro atoms. The number of carbonyl (C=O) groups is 1. The van der Waals surface area contributed by atoms with Crippen molar-refractivity contribution in [2.75, 3.05) is 20.3 Å². The maximum atomic E-state index is 12.2. The number of carbonyl (C=O) groups excluding carboxylic acids is 1. The zero-order chi connectivity index (χ0) is 15.4. The molecule has 0 aliphatic rings. The molecule has 7 heteroatoms. The average molecular weight is 301 g/mol. The highest BCUT2D eigenvalue weighted by Gasteiger charge is 2.25. The molecule has 0 unspecified atom stereocenters. The normalized spacial score (nSPS) is 12.2. The second-order valence-electron chi connectivity index (χ2n) is 5.13. The van der Waals surface area contributed by atoms with Gasteiger partial charge in [-0.2, -0.15) is 0 Å². The lowest BCUT2D eigenvalue weighted by Gasteiger charge is -2.22. The third-order valence-electron chi connectivity index (χ3n) is 2.75. The monoisotopic (exact) mass is 301 g/mol. The largest absolute Gasteiger partial charge is 0.465 e. The van der Waals surface area contributed by atoms with E-state index in [2.05, 4.69) is 9.46 Å². The van der Waals surface area contributed by atoms with Gasteiger partial charge in [0.1, 0.15) is 0 Å². The molecule has 0 bridgehead atoms. The van der Waals surface area contributed by atoms with E-state index in [-0.39, 0.29) is 23.6 Å². The van der Waals surface area contributed by atoms with Crippen LogP contribution in [0.25, 0.3) is 0 Å². The summed E-state index contributed by atoms with van der Waals surface area (Å²) in [4.78, 5) is 11.4. The van der Waals surface area contributed by atoms with Crippen molar-refractivity contribution in [3.05, 3.63) is 29.8 Å². The predicted molar refractivity (Wildman–Crippen MR) is 73.8 cm³/mol. The summed E-state index contributed by atoms with van der Waals surface area (Å²) >= 11 is 0. The van der Waals surface area contributed by atoms with Crippen molar-refractivity contribution in [2.24, 2.45) is 5.41 Å². The minimum Gasteiger partial charge on any atom is -0.465 e. The molecule has 0 saturated carbocycles. The molecule has 2 N–H and O–H groups in total. The molecule has 0 atom stereocenters. The van der Waals surface area contributed by atoms with Crippen molar-refractivity contribution >= 4 is 16.0 Å². The van der Waals surface area contributed by atoms with Crippen LogP contribution in [-0.4, -0.2) is 39.8 Å². The van der Waals surface area contributed by atoms with Crippen LogP contribution in [0.15, 0.2) is 29.2 Å². The number of aliphatic hydroxyl groups excluding tert-OH is 1. The first-order valence-electron chi connectivity index (χ1n) is 6.01. The summed E-state index contributed by atoms with van der Waals surface area (Å²) in [7, 11) is -2.66. The highest BCUT2D eigenvalue weighted by Crippen LogP contribution is 2.18. The fourth-order valence-electron chi connectivity index (χ4n) is 1.40. The maximum Gasteiger partial charge on any atom is 0.339 e. The number of rotatable bonds is 6. The van der Waals surface area contributed by atoms with Crippen LogP contribution in [0.5, 0.6) is 0 Å². The molecule has 1 aromatic carbocycles. The van der Waals surface area contributed by atoms with Crippen molar-refractivity contribution in [3.8, 4) is 0 Å². The molecule has 0 radical (unpaired) electrons. The summed E-state index contributed by atoms with van der Waals surface area (Å²) in [5, 5.41) is 9.13. The molecular weight excluding hydrogens is 282 g/mol. The van der Waals surface area contributed by atoms with Gasteiger partial charge in [-0.05, 0) is 12.1 Å². The number of ether oxygens (including phenoxy) is 1. The first kappa shape index (κ1) is 16.6. The number of hydrogen-bond acceptors (Lipinski definition) is 5. The van der Waals surface area contributed by atoms with Gasteiger partial charge in [-0.3, -0.25) is 0 Å². The first-order valence-corrected chi connectivity index (χ1v) is 7.50. The van der Waals surface area contributed by atoms with Crippen molar-refractivity contribution in [1.82, 2.24) is 4.72 Å². The quantitative estimate of drug-likeness (QED) is 0.757. The first-order chi connectivity index (χ1) is 9.23. The van der Waals surface area contributed by atoms with E-state index in [9.17, 15) is 13.2 Å². The Morgan fingerprint density at radius 1 is 1.35 bits per heavy atom. The number of methoxy groups -OCH3 is 1. The number of hydrogen-bond donors (Lipinski definition) is 2. The second-order valence-corrected chi connectivity index (χ2v) is 6.87. The predicted octanol–water partition coefficient (Wildman–Crippen LogP) is 0.770. The Labute approximate surface area is 118 Å². The highest BCUT2D eigenvalue weighted by molar-refractivity contribution is 7.89. The highest BCUT2D eigenvalue weighted by atomic mass is 32.2. The number of nitrogens with one attached hydrogen (secondary N) is 1. The van der Waals surface area contributed by atoms with E-state index in [1.807, 2.05) is 0 Å². The van der Waals surface area contributed by atoms with Crippen molar-refractivity contribution in [3.63, 3.8) is 0 Å². The summed E-state index contributed by atoms with van der Waals surface area (Å²) < 4.78 is 31.4. The fraction of sp³-hybridized carbons (Fsp3) is 0.462. The molecule has 0 aliphatic heterocycles. The van der Waals surface area contributed by atoms with Crippen LogP contribution in [0.1, 0.15) is 24.2 Å². The summed E-state index contributed by atoms with van der Waals surface area (Å²) in [5.74, 6) is -0.715. The van der Waals surface area contributed by atoms with E-state index in [0.29, 0.717) is 0 Å². The number of benzene rings is 1. The van der Waals surface area contributed by atoms with Crippen LogP contribution in [-0.2, 0) is 14.8 Å². The van der Waals surface area contributed by atoms with E-state index in [4.69, 9.17) is 5.11 Å². The lowest BCUT2D eigenvalue weighted by Crippen LogP contribution is -2.36. The maximum absolute atomic E-state index is 12.2. The van der Waals surface area contributed by atoms with E-state index in [0.717, 1.165) is 0 Å². The minimum absolute atomic E-state index is 0.0238. The van der Waals surface area contributed by atoms with Gasteiger partial charge in [0.15, 0.2) is 0 Å². The third-order valence-corrected chi connectivity index (χ3v) is 4.21. The van der Waals surface area contributed by atoms with Crippen LogP contribution < -0.4 is 4.72 Å². The Bertz CT molecular complexity index is 580. The molecule has 112 valence electrons. The molecule has 6 nitrogen and oxygen atoms in total. The van der Waals surface area contributed by atoms with Crippen LogP contribution in [0.3, 0.4) is 0 Å². The van der Waals surface area contributed by atoms with Gasteiger partial charge in [-0.15, -0.1) is 0 Å². The molecule has 20 heavy (non-hydrogen) atoms. The zero-order valence-electron chi connectivity index (χ0n) is 11.7. The van der Waals surface area contributed by atoms with E-state index < -0.39 is 21.4 Å². The smallest absolute Gasteiger partial charge is 0.339 e. The molecule has 0 saturated heterocycles. The Morgan fingerprint density at radius 2 is 1.95 bits per heavy atom. The summed E-state index contributed by atoms with van der Waals surface area (Å²) in [5.41, 5.74) is -0.614. The van der Waals surface area contributed by atoms with Gasteiger partial charge in [0.2, 0.25) is 10.0 Å². The van der Waals surface area contributed by atoms with E-state index in [1.165, 1.54) is 25.3 Å². The molecular formula is C13H19NO5S. The van der Waals surface area contributed by atoms with Gasteiger partial charge >= 0.3 is 5.97 Å². The summed E-state index contributed by atoms with van der Waals surface area (Å²) in [6.45, 7) is 3.35. The molecule has 1 aromatic rings. The summed E-state index contributed by atoms with van der Waals surface area (Å²) in [6.07, 6.45) is 0. The van der Waals surface area contributed by atoms with Crippen molar-refractivity contribution in [2.45, 2.75) is 18.7 Å². The molecule has 0 amide bonds. The Hall–Kier alpha value is -1.44. The molecule has 0 aromatic heterocycles. The average Bonchev–Trinajstić information content (AvgIpc) is 2.44. The van der Waals surface area contributed by atoms with Crippen LogP contribution >= 0.6 is 0 Å². The van der Waals surface area contributed by atoms with Gasteiger partial charge in [-0.1, -0.05) is 26.0 Å². The SMILES string of the molecule is COC(=O)c1ccccc1S(=O)(=O)NCC(C)(C)CO. The lowest BCUT2D eigenvalue weighted by molar-refractivity contribution is 0.0596. The standard InChI is InChI=1S/C13H19NO5S/c1-13(2,9-15)8-14-20(17,18)11-7-5-4-6-10(11)12(16)19-3/h4-7,14-15H,8-9H2,1-3H3. The summed E-state index contributed by atoms with van der Waals surface area (Å²) in [6, 6.07) is 5.80. The Kier molecular flexibility index (Phi) is 5.27. The Balaban J connectivity index is 3.08. The van der Waals surface area contributed by atoms with Crippen molar-refractivity contribution in [1.29, 1.82) is 0 Å². The van der Waals surface area contributed by atoms with E-state index in [1.54, 1.807) is 19.9 Å². The third kappa shape index (κ3) is 4.03. The lowest BCUT2D eigenvalue weighted by atomic mass is 9.96. The molecule has 0 aliphatic carbocycles. The van der Waals surface area contributed by atoms with Gasteiger partial charge in [0.25, 0.3) is 0 Å². The fourth-order valence-corrected chi connectivity index (χ4v) is 2.84. The second kappa shape index (κ2) is 6.34. The van der Waals surface area contributed by atoms with Gasteiger partial charge in [0, 0.05) is 18.6 Å². The topological polar surface area (TPSA) is 92.7 Å². The van der Waals surface area contributed by atoms with Crippen LogP contribution in [0.4, 0.5) is 0 Å². The van der Waals surface area contributed by atoms with Gasteiger partial charge in [-0.25, -0.2) is 17.9 Å². The van der Waals surface area contributed by atoms with Gasteiger partial charge in [0.05, 0.1) is 17.6 Å². The zero-order valence-corrected chi connectivity index (χ0v) is 12.5. The van der Waals surface area contributed by atoms with E-state index >= 15 is 0 Å². The molecule has 0 heterocycles. The molecule has 0 fully saturated rings. The Morgan fingerprint density at radius 3 is 2.50 bits per heavy atom.